The molecule has 4 heterocycles. The number of anilines is 3. The Morgan fingerprint density at radius 3 is 2.59 bits per heavy atom. The Labute approximate surface area is 203 Å². The Hall–Kier alpha value is -2.97. The summed E-state index contributed by atoms with van der Waals surface area (Å²) in [5.41, 5.74) is 10.3. The van der Waals surface area contributed by atoms with Gasteiger partial charge in [0.15, 0.2) is 5.65 Å². The highest BCUT2D eigenvalue weighted by atomic mass is 32.1. The van der Waals surface area contributed by atoms with Crippen molar-refractivity contribution in [2.75, 3.05) is 10.6 Å². The predicted octanol–water partition coefficient (Wildman–Crippen LogP) is 5.94. The Morgan fingerprint density at radius 2 is 1.85 bits per heavy atom. The van der Waals surface area contributed by atoms with Gasteiger partial charge < -0.3 is 16.4 Å². The molecule has 176 valence electrons. The summed E-state index contributed by atoms with van der Waals surface area (Å²) in [5.74, 6) is 2.35. The summed E-state index contributed by atoms with van der Waals surface area (Å²) >= 11 is 1.70. The van der Waals surface area contributed by atoms with E-state index in [1.165, 1.54) is 36.1 Å². The average molecular weight is 474 g/mol. The van der Waals surface area contributed by atoms with Crippen LogP contribution in [0.15, 0.2) is 48.1 Å². The minimum Gasteiger partial charge on any atom is -0.367 e. The molecule has 0 atom stereocenters. The number of hydrogen-bond acceptors (Lipinski definition) is 7. The summed E-state index contributed by atoms with van der Waals surface area (Å²) in [5, 5.41) is 14.1. The molecule has 2 aliphatic rings. The molecule has 6 rings (SSSR count). The van der Waals surface area contributed by atoms with Crippen LogP contribution in [0.3, 0.4) is 0 Å². The first-order valence-corrected chi connectivity index (χ1v) is 13.3. The molecule has 2 saturated carbocycles. The lowest BCUT2D eigenvalue weighted by molar-refractivity contribution is 0.410. The number of pyridine rings is 1. The van der Waals surface area contributed by atoms with Crippen LogP contribution >= 0.6 is 11.3 Å². The van der Waals surface area contributed by atoms with Crippen LogP contribution in [0.1, 0.15) is 62.8 Å². The van der Waals surface area contributed by atoms with Crippen molar-refractivity contribution in [2.24, 2.45) is 5.73 Å². The van der Waals surface area contributed by atoms with E-state index in [9.17, 15) is 0 Å². The van der Waals surface area contributed by atoms with Gasteiger partial charge in [0.1, 0.15) is 11.6 Å². The number of thiophene rings is 1. The molecule has 4 aromatic rings. The van der Waals surface area contributed by atoms with Gasteiger partial charge in [0, 0.05) is 23.7 Å². The molecule has 7 nitrogen and oxygen atoms in total. The van der Waals surface area contributed by atoms with Crippen LogP contribution in [0, 0.1) is 0 Å². The molecule has 2 aliphatic carbocycles. The van der Waals surface area contributed by atoms with Crippen molar-refractivity contribution in [2.45, 2.75) is 69.4 Å². The lowest BCUT2D eigenvalue weighted by Crippen LogP contribution is -2.33. The highest BCUT2D eigenvalue weighted by molar-refractivity contribution is 7.13. The van der Waals surface area contributed by atoms with E-state index < -0.39 is 0 Å². The van der Waals surface area contributed by atoms with Crippen molar-refractivity contribution in [3.8, 4) is 10.6 Å². The van der Waals surface area contributed by atoms with Gasteiger partial charge >= 0.3 is 0 Å². The van der Waals surface area contributed by atoms with E-state index in [1.807, 2.05) is 16.9 Å². The maximum atomic E-state index is 6.12. The van der Waals surface area contributed by atoms with E-state index in [-0.39, 0.29) is 0 Å². The largest absolute Gasteiger partial charge is 0.367 e. The fourth-order valence-corrected chi connectivity index (χ4v) is 6.03. The van der Waals surface area contributed by atoms with Crippen LogP contribution < -0.4 is 16.4 Å². The second-order valence-corrected chi connectivity index (χ2v) is 10.6. The molecule has 8 heteroatoms. The van der Waals surface area contributed by atoms with Crippen LogP contribution in [0.4, 0.5) is 17.3 Å². The molecule has 4 N–H and O–H groups in total. The smallest absolute Gasteiger partial charge is 0.163 e. The number of aromatic nitrogens is 4. The van der Waals surface area contributed by atoms with Crippen molar-refractivity contribution < 1.29 is 0 Å². The topological polar surface area (TPSA) is 93.2 Å². The monoisotopic (exact) mass is 473 g/mol. The Balaban J connectivity index is 1.32. The van der Waals surface area contributed by atoms with Gasteiger partial charge in [-0.1, -0.05) is 18.9 Å². The van der Waals surface area contributed by atoms with Gasteiger partial charge in [-0.2, -0.15) is 9.61 Å². The second-order valence-electron chi connectivity index (χ2n) is 9.63. The fraction of sp³-hybridized carbons (Fsp3) is 0.423. The molecule has 0 bridgehead atoms. The molecule has 4 aromatic heterocycles. The number of nitrogens with zero attached hydrogens (tertiary/aromatic N) is 4. The molecular formula is C26H31N7S. The highest BCUT2D eigenvalue weighted by Gasteiger charge is 2.24. The molecule has 0 saturated heterocycles. The number of fused-ring (bicyclic) bond motifs is 1. The van der Waals surface area contributed by atoms with Gasteiger partial charge in [-0.3, -0.25) is 4.98 Å². The summed E-state index contributed by atoms with van der Waals surface area (Å²) in [6.07, 6.45) is 13.2. The predicted molar refractivity (Wildman–Crippen MR) is 139 cm³/mol. The minimum atomic E-state index is 0.333. The molecule has 0 radical (unpaired) electrons. The lowest BCUT2D eigenvalue weighted by atomic mass is 9.92. The molecule has 0 spiro atoms. The second kappa shape index (κ2) is 9.35. The average Bonchev–Trinajstić information content (AvgIpc) is 3.63. The van der Waals surface area contributed by atoms with Gasteiger partial charge in [0.05, 0.1) is 28.7 Å². The normalized spacial score (nSPS) is 21.2. The Kier molecular flexibility index (Phi) is 5.93. The van der Waals surface area contributed by atoms with Crippen LogP contribution in [0.25, 0.3) is 16.2 Å². The van der Waals surface area contributed by atoms with Gasteiger partial charge in [0.2, 0.25) is 0 Å². The first-order valence-electron chi connectivity index (χ1n) is 12.4. The highest BCUT2D eigenvalue weighted by Crippen LogP contribution is 2.37. The summed E-state index contributed by atoms with van der Waals surface area (Å²) in [6, 6.07) is 11.1. The van der Waals surface area contributed by atoms with Crippen molar-refractivity contribution in [1.29, 1.82) is 0 Å². The van der Waals surface area contributed by atoms with Gasteiger partial charge in [0.25, 0.3) is 0 Å². The number of nitrogens with one attached hydrogen (secondary N) is 2. The minimum absolute atomic E-state index is 0.333. The zero-order valence-corrected chi connectivity index (χ0v) is 20.1. The third-order valence-electron chi connectivity index (χ3n) is 7.23. The van der Waals surface area contributed by atoms with Crippen molar-refractivity contribution in [3.63, 3.8) is 0 Å². The number of rotatable bonds is 6. The maximum absolute atomic E-state index is 6.12. The van der Waals surface area contributed by atoms with E-state index in [0.29, 0.717) is 18.0 Å². The third kappa shape index (κ3) is 4.40. The van der Waals surface area contributed by atoms with Crippen LogP contribution in [0.5, 0.6) is 0 Å². The zero-order valence-electron chi connectivity index (χ0n) is 19.3. The molecule has 0 aromatic carbocycles. The summed E-state index contributed by atoms with van der Waals surface area (Å²) < 4.78 is 1.95. The van der Waals surface area contributed by atoms with E-state index in [0.717, 1.165) is 54.3 Å². The fourth-order valence-electron chi connectivity index (χ4n) is 5.33. The number of hydrogen-bond donors (Lipinski definition) is 3. The molecule has 0 aliphatic heterocycles. The SMILES string of the molecule is NC1CCC(Nc2cc(Nc3ccc(-c4cccs4)nc3)n3ncc(C4CCCC4)c3n2)CC1. The molecule has 2 fully saturated rings. The van der Waals surface area contributed by atoms with E-state index in [4.69, 9.17) is 15.8 Å². The molecule has 0 unspecified atom stereocenters. The van der Waals surface area contributed by atoms with Gasteiger partial charge in [-0.25, -0.2) is 4.98 Å². The number of nitrogens with two attached hydrogens (primary N) is 1. The first-order chi connectivity index (χ1) is 16.7. The van der Waals surface area contributed by atoms with Crippen LogP contribution in [-0.2, 0) is 0 Å². The first kappa shape index (κ1) is 21.6. The van der Waals surface area contributed by atoms with Gasteiger partial charge in [-0.15, -0.1) is 11.3 Å². The zero-order chi connectivity index (χ0) is 22.9. The molecular weight excluding hydrogens is 442 g/mol. The maximum Gasteiger partial charge on any atom is 0.163 e. The van der Waals surface area contributed by atoms with Crippen molar-refractivity contribution in [3.05, 3.63) is 53.7 Å². The summed E-state index contributed by atoms with van der Waals surface area (Å²) in [4.78, 5) is 10.9. The summed E-state index contributed by atoms with van der Waals surface area (Å²) in [7, 11) is 0. The Morgan fingerprint density at radius 1 is 1.00 bits per heavy atom. The van der Waals surface area contributed by atoms with E-state index in [1.54, 1.807) is 11.3 Å². The quantitative estimate of drug-likeness (QED) is 0.321. The molecule has 34 heavy (non-hydrogen) atoms. The van der Waals surface area contributed by atoms with Crippen molar-refractivity contribution >= 4 is 34.3 Å². The van der Waals surface area contributed by atoms with E-state index in [2.05, 4.69) is 51.3 Å². The van der Waals surface area contributed by atoms with Gasteiger partial charge in [-0.05, 0) is 68.0 Å². The third-order valence-corrected chi connectivity index (χ3v) is 8.12. The lowest BCUT2D eigenvalue weighted by Gasteiger charge is -2.27. The Bertz CT molecular complexity index is 1230. The van der Waals surface area contributed by atoms with Crippen molar-refractivity contribution in [1.82, 2.24) is 19.6 Å². The standard InChI is InChI=1S/C26H31N7S/c27-18-7-9-19(10-8-18)30-24-14-25(31-20-11-12-22(28-15-20)23-6-3-13-34-23)33-26(32-24)21(16-29-33)17-4-1-2-5-17/h3,6,11-19,31H,1-2,4-5,7-10,27H2,(H,30,32). The van der Waals surface area contributed by atoms with Crippen LogP contribution in [0.2, 0.25) is 0 Å². The van der Waals surface area contributed by atoms with Crippen LogP contribution in [-0.4, -0.2) is 31.7 Å². The summed E-state index contributed by atoms with van der Waals surface area (Å²) in [6.45, 7) is 0. The molecule has 0 amide bonds. The van der Waals surface area contributed by atoms with E-state index >= 15 is 0 Å².